The molecule has 1 unspecified atom stereocenters. The first kappa shape index (κ1) is 12.9. The van der Waals surface area contributed by atoms with Gasteiger partial charge >= 0.3 is 5.97 Å². The van der Waals surface area contributed by atoms with E-state index < -0.39 is 0 Å². The Kier molecular flexibility index (Phi) is 4.20. The number of ether oxygens (including phenoxy) is 2. The van der Waals surface area contributed by atoms with Crippen LogP contribution in [0, 0.1) is 0 Å². The molecule has 1 aromatic carbocycles. The van der Waals surface area contributed by atoms with Crippen LogP contribution in [-0.2, 0) is 16.0 Å². The van der Waals surface area contributed by atoms with Gasteiger partial charge in [0.2, 0.25) is 0 Å². The Hall–Kier alpha value is -1.55. The van der Waals surface area contributed by atoms with Crippen molar-refractivity contribution in [3.8, 4) is 5.75 Å². The summed E-state index contributed by atoms with van der Waals surface area (Å²) in [5.74, 6) is 0.586. The Balaban J connectivity index is 1.82. The van der Waals surface area contributed by atoms with Gasteiger partial charge in [0.1, 0.15) is 5.75 Å². The SMILES string of the molecule is COC(=O)CCCOc1ccc2c(c1)CCC2O. The van der Waals surface area contributed by atoms with Gasteiger partial charge < -0.3 is 14.6 Å². The third-order valence-corrected chi connectivity index (χ3v) is 3.18. The van der Waals surface area contributed by atoms with Crippen molar-refractivity contribution in [1.29, 1.82) is 0 Å². The van der Waals surface area contributed by atoms with Crippen LogP contribution in [0.15, 0.2) is 18.2 Å². The second kappa shape index (κ2) is 5.87. The molecule has 4 nitrogen and oxygen atoms in total. The molecule has 0 bridgehead atoms. The molecule has 98 valence electrons. The van der Waals surface area contributed by atoms with E-state index >= 15 is 0 Å². The molecule has 1 aliphatic carbocycles. The molecule has 0 radical (unpaired) electrons. The van der Waals surface area contributed by atoms with Crippen LogP contribution >= 0.6 is 0 Å². The van der Waals surface area contributed by atoms with Crippen LogP contribution in [0.4, 0.5) is 0 Å². The van der Waals surface area contributed by atoms with Crippen molar-refractivity contribution in [3.63, 3.8) is 0 Å². The number of hydrogen-bond acceptors (Lipinski definition) is 4. The number of methoxy groups -OCH3 is 1. The summed E-state index contributed by atoms with van der Waals surface area (Å²) < 4.78 is 10.1. The van der Waals surface area contributed by atoms with E-state index in [0.717, 1.165) is 29.7 Å². The number of carbonyl (C=O) groups excluding carboxylic acids is 1. The Morgan fingerprint density at radius 3 is 3.11 bits per heavy atom. The fourth-order valence-corrected chi connectivity index (χ4v) is 2.17. The first-order chi connectivity index (χ1) is 8.70. The molecule has 0 aliphatic heterocycles. The molecular formula is C14H18O4. The molecule has 0 saturated heterocycles. The van der Waals surface area contributed by atoms with E-state index in [2.05, 4.69) is 4.74 Å². The molecule has 0 heterocycles. The molecule has 4 heteroatoms. The average Bonchev–Trinajstić information content (AvgIpc) is 2.76. The number of aryl methyl sites for hydroxylation is 1. The van der Waals surface area contributed by atoms with Gasteiger partial charge in [-0.3, -0.25) is 4.79 Å². The molecule has 0 amide bonds. The molecule has 1 aliphatic rings. The third-order valence-electron chi connectivity index (χ3n) is 3.18. The van der Waals surface area contributed by atoms with Crippen molar-refractivity contribution in [1.82, 2.24) is 0 Å². The molecule has 0 saturated carbocycles. The summed E-state index contributed by atoms with van der Waals surface area (Å²) in [6.45, 7) is 0.496. The zero-order valence-electron chi connectivity index (χ0n) is 10.5. The maximum Gasteiger partial charge on any atom is 0.305 e. The highest BCUT2D eigenvalue weighted by atomic mass is 16.5. The van der Waals surface area contributed by atoms with Gasteiger partial charge in [-0.15, -0.1) is 0 Å². The summed E-state index contributed by atoms with van der Waals surface area (Å²) in [7, 11) is 1.38. The standard InChI is InChI=1S/C14H18O4/c1-17-14(16)3-2-8-18-11-5-6-12-10(9-11)4-7-13(12)15/h5-6,9,13,15H,2-4,7-8H2,1H3. The minimum absolute atomic E-state index is 0.212. The molecular weight excluding hydrogens is 232 g/mol. The first-order valence-corrected chi connectivity index (χ1v) is 6.21. The molecule has 18 heavy (non-hydrogen) atoms. The number of aliphatic hydroxyl groups excluding tert-OH is 1. The number of hydrogen-bond donors (Lipinski definition) is 1. The number of rotatable bonds is 5. The van der Waals surface area contributed by atoms with E-state index in [1.807, 2.05) is 18.2 Å². The largest absolute Gasteiger partial charge is 0.494 e. The summed E-state index contributed by atoms with van der Waals surface area (Å²) in [6.07, 6.45) is 2.39. The Morgan fingerprint density at radius 2 is 2.33 bits per heavy atom. The number of fused-ring (bicyclic) bond motifs is 1. The van der Waals surface area contributed by atoms with E-state index in [1.165, 1.54) is 7.11 Å². The predicted molar refractivity (Wildman–Crippen MR) is 66.5 cm³/mol. The van der Waals surface area contributed by atoms with Crippen LogP contribution in [0.2, 0.25) is 0 Å². The average molecular weight is 250 g/mol. The second-order valence-electron chi connectivity index (χ2n) is 4.44. The molecule has 0 fully saturated rings. The first-order valence-electron chi connectivity index (χ1n) is 6.21. The number of esters is 1. The van der Waals surface area contributed by atoms with Gasteiger partial charge in [-0.1, -0.05) is 6.07 Å². The maximum atomic E-state index is 10.9. The number of benzene rings is 1. The second-order valence-corrected chi connectivity index (χ2v) is 4.44. The Labute approximate surface area is 107 Å². The predicted octanol–water partition coefficient (Wildman–Crippen LogP) is 2.00. The highest BCUT2D eigenvalue weighted by molar-refractivity contribution is 5.69. The minimum atomic E-state index is -0.326. The molecule has 0 aromatic heterocycles. The summed E-state index contributed by atoms with van der Waals surface area (Å²) in [5.41, 5.74) is 2.17. The van der Waals surface area contributed by atoms with Crippen molar-refractivity contribution < 1.29 is 19.4 Å². The maximum absolute atomic E-state index is 10.9. The molecule has 1 N–H and O–H groups in total. The van der Waals surface area contributed by atoms with E-state index in [1.54, 1.807) is 0 Å². The number of carbonyl (C=O) groups is 1. The minimum Gasteiger partial charge on any atom is -0.494 e. The zero-order chi connectivity index (χ0) is 13.0. The lowest BCUT2D eigenvalue weighted by Gasteiger charge is -2.08. The molecule has 1 atom stereocenters. The van der Waals surface area contributed by atoms with E-state index in [-0.39, 0.29) is 12.1 Å². The van der Waals surface area contributed by atoms with Gasteiger partial charge in [0.25, 0.3) is 0 Å². The fraction of sp³-hybridized carbons (Fsp3) is 0.500. The van der Waals surface area contributed by atoms with E-state index in [4.69, 9.17) is 4.74 Å². The summed E-state index contributed by atoms with van der Waals surface area (Å²) >= 11 is 0. The van der Waals surface area contributed by atoms with Crippen molar-refractivity contribution in [3.05, 3.63) is 29.3 Å². The van der Waals surface area contributed by atoms with Gasteiger partial charge in [0.05, 0.1) is 19.8 Å². The van der Waals surface area contributed by atoms with Crippen LogP contribution in [0.1, 0.15) is 36.5 Å². The lowest BCUT2D eigenvalue weighted by atomic mass is 10.1. The van der Waals surface area contributed by atoms with Gasteiger partial charge in [-0.2, -0.15) is 0 Å². The zero-order valence-corrected chi connectivity index (χ0v) is 10.5. The van der Waals surface area contributed by atoms with Crippen LogP contribution in [-0.4, -0.2) is 24.8 Å². The topological polar surface area (TPSA) is 55.8 Å². The van der Waals surface area contributed by atoms with Crippen LogP contribution in [0.5, 0.6) is 5.75 Å². The normalized spacial score (nSPS) is 17.3. The van der Waals surface area contributed by atoms with Crippen molar-refractivity contribution in [2.75, 3.05) is 13.7 Å². The van der Waals surface area contributed by atoms with Gasteiger partial charge in [0, 0.05) is 6.42 Å². The highest BCUT2D eigenvalue weighted by Gasteiger charge is 2.20. The van der Waals surface area contributed by atoms with Crippen molar-refractivity contribution in [2.45, 2.75) is 31.8 Å². The van der Waals surface area contributed by atoms with Crippen LogP contribution in [0.3, 0.4) is 0 Å². The Bertz CT molecular complexity index is 428. The van der Waals surface area contributed by atoms with Crippen molar-refractivity contribution >= 4 is 5.97 Å². The van der Waals surface area contributed by atoms with E-state index in [0.29, 0.717) is 19.4 Å². The van der Waals surface area contributed by atoms with Crippen LogP contribution in [0.25, 0.3) is 0 Å². The molecule has 0 spiro atoms. The van der Waals surface area contributed by atoms with Gasteiger partial charge in [-0.25, -0.2) is 0 Å². The van der Waals surface area contributed by atoms with E-state index in [9.17, 15) is 9.90 Å². The Morgan fingerprint density at radius 1 is 1.50 bits per heavy atom. The molecule has 2 rings (SSSR count). The highest BCUT2D eigenvalue weighted by Crippen LogP contribution is 2.33. The quantitative estimate of drug-likeness (QED) is 0.641. The van der Waals surface area contributed by atoms with Crippen LogP contribution < -0.4 is 4.74 Å². The molecule has 1 aromatic rings. The third kappa shape index (κ3) is 3.01. The summed E-state index contributed by atoms with van der Waals surface area (Å²) in [5, 5.41) is 9.68. The van der Waals surface area contributed by atoms with Gasteiger partial charge in [0.15, 0.2) is 0 Å². The summed E-state index contributed by atoms with van der Waals surface area (Å²) in [6, 6.07) is 5.76. The van der Waals surface area contributed by atoms with Gasteiger partial charge in [-0.05, 0) is 42.5 Å². The van der Waals surface area contributed by atoms with Crippen molar-refractivity contribution in [2.24, 2.45) is 0 Å². The summed E-state index contributed by atoms with van der Waals surface area (Å²) in [4.78, 5) is 10.9. The smallest absolute Gasteiger partial charge is 0.305 e. The lowest BCUT2D eigenvalue weighted by molar-refractivity contribution is -0.140. The monoisotopic (exact) mass is 250 g/mol. The lowest BCUT2D eigenvalue weighted by Crippen LogP contribution is -2.04. The number of aliphatic hydroxyl groups is 1. The fourth-order valence-electron chi connectivity index (χ4n) is 2.17.